The quantitative estimate of drug-likeness (QED) is 0.706. The highest BCUT2D eigenvalue weighted by atomic mass is 16.3. The van der Waals surface area contributed by atoms with Crippen molar-refractivity contribution in [1.82, 2.24) is 9.97 Å². The third-order valence-corrected chi connectivity index (χ3v) is 4.35. The molecule has 3 rings (SSSR count). The molecular weight excluding hydrogens is 204 g/mol. The summed E-state index contributed by atoms with van der Waals surface area (Å²) >= 11 is 0. The molecular formula is C12H18N2O2. The molecule has 88 valence electrons. The summed E-state index contributed by atoms with van der Waals surface area (Å²) in [5, 5.41) is 19.9. The number of fused-ring (bicyclic) bond motifs is 2. The number of imidazole rings is 1. The molecule has 4 heteroatoms. The van der Waals surface area contributed by atoms with Crippen molar-refractivity contribution < 1.29 is 10.2 Å². The highest BCUT2D eigenvalue weighted by Crippen LogP contribution is 2.49. The van der Waals surface area contributed by atoms with Gasteiger partial charge in [-0.05, 0) is 37.0 Å². The summed E-state index contributed by atoms with van der Waals surface area (Å²) in [7, 11) is 0. The molecule has 0 amide bonds. The second-order valence-corrected chi connectivity index (χ2v) is 5.31. The van der Waals surface area contributed by atoms with Crippen molar-refractivity contribution in [3.05, 3.63) is 18.2 Å². The van der Waals surface area contributed by atoms with Gasteiger partial charge >= 0.3 is 0 Å². The van der Waals surface area contributed by atoms with E-state index in [0.717, 1.165) is 25.0 Å². The number of hydrogen-bond donors (Lipinski definition) is 3. The van der Waals surface area contributed by atoms with Gasteiger partial charge in [0.05, 0.1) is 18.5 Å². The first-order chi connectivity index (χ1) is 7.74. The van der Waals surface area contributed by atoms with Gasteiger partial charge in [0.15, 0.2) is 0 Å². The fraction of sp³-hybridized carbons (Fsp3) is 0.750. The van der Waals surface area contributed by atoms with Crippen molar-refractivity contribution in [3.63, 3.8) is 0 Å². The first-order valence-electron chi connectivity index (χ1n) is 6.07. The summed E-state index contributed by atoms with van der Waals surface area (Å²) in [6.07, 6.45) is 6.65. The third kappa shape index (κ3) is 1.66. The minimum Gasteiger partial charge on any atom is -0.393 e. The molecule has 2 saturated carbocycles. The van der Waals surface area contributed by atoms with Crippen LogP contribution < -0.4 is 0 Å². The predicted molar refractivity (Wildman–Crippen MR) is 58.6 cm³/mol. The molecule has 5 atom stereocenters. The molecule has 2 aliphatic rings. The molecule has 2 bridgehead atoms. The number of aliphatic hydroxyl groups is 2. The van der Waals surface area contributed by atoms with Gasteiger partial charge in [0.1, 0.15) is 0 Å². The minimum absolute atomic E-state index is 0.111. The number of H-pyrrole nitrogens is 1. The van der Waals surface area contributed by atoms with Crippen LogP contribution in [0.2, 0.25) is 0 Å². The number of aliphatic hydroxyl groups excluding tert-OH is 2. The fourth-order valence-corrected chi connectivity index (χ4v) is 3.53. The Hall–Kier alpha value is -0.870. The van der Waals surface area contributed by atoms with E-state index < -0.39 is 0 Å². The summed E-state index contributed by atoms with van der Waals surface area (Å²) in [6, 6.07) is 0. The molecule has 1 aromatic rings. The summed E-state index contributed by atoms with van der Waals surface area (Å²) < 4.78 is 0. The molecule has 0 spiro atoms. The lowest BCUT2D eigenvalue weighted by atomic mass is 9.82. The lowest BCUT2D eigenvalue weighted by Crippen LogP contribution is -2.31. The Morgan fingerprint density at radius 2 is 2.25 bits per heavy atom. The van der Waals surface area contributed by atoms with Crippen LogP contribution >= 0.6 is 0 Å². The Balaban J connectivity index is 1.62. The van der Waals surface area contributed by atoms with Crippen LogP contribution in [0.3, 0.4) is 0 Å². The Morgan fingerprint density at radius 3 is 2.81 bits per heavy atom. The lowest BCUT2D eigenvalue weighted by Gasteiger charge is -2.28. The molecule has 2 fully saturated rings. The summed E-state index contributed by atoms with van der Waals surface area (Å²) in [5.41, 5.74) is 0.996. The molecule has 0 saturated heterocycles. The van der Waals surface area contributed by atoms with Gasteiger partial charge in [-0.1, -0.05) is 0 Å². The SMILES string of the molecule is OC1CC2CC1CC2C(O)Cc1cnc[nH]1. The molecule has 0 aromatic carbocycles. The van der Waals surface area contributed by atoms with Crippen LogP contribution in [0, 0.1) is 17.8 Å². The van der Waals surface area contributed by atoms with E-state index >= 15 is 0 Å². The summed E-state index contributed by atoms with van der Waals surface area (Å²) in [6.45, 7) is 0. The van der Waals surface area contributed by atoms with Crippen molar-refractivity contribution in [3.8, 4) is 0 Å². The van der Waals surface area contributed by atoms with E-state index in [2.05, 4.69) is 9.97 Å². The Kier molecular flexibility index (Phi) is 2.48. The van der Waals surface area contributed by atoms with Crippen LogP contribution in [0.4, 0.5) is 0 Å². The van der Waals surface area contributed by atoms with Crippen LogP contribution in [0.1, 0.15) is 25.0 Å². The predicted octanol–water partition coefficient (Wildman–Crippen LogP) is 0.720. The highest BCUT2D eigenvalue weighted by molar-refractivity contribution is 5.02. The molecule has 5 unspecified atom stereocenters. The maximum absolute atomic E-state index is 10.2. The monoisotopic (exact) mass is 222 g/mol. The van der Waals surface area contributed by atoms with E-state index in [0.29, 0.717) is 24.2 Å². The Labute approximate surface area is 94.7 Å². The zero-order valence-electron chi connectivity index (χ0n) is 9.21. The van der Waals surface area contributed by atoms with E-state index in [9.17, 15) is 10.2 Å². The van der Waals surface area contributed by atoms with Gasteiger partial charge in [0, 0.05) is 18.3 Å². The Bertz CT molecular complexity index is 350. The highest BCUT2D eigenvalue weighted by Gasteiger charge is 2.47. The van der Waals surface area contributed by atoms with Gasteiger partial charge in [-0.25, -0.2) is 4.98 Å². The molecule has 0 radical (unpaired) electrons. The molecule has 0 aliphatic heterocycles. The molecule has 4 nitrogen and oxygen atoms in total. The smallest absolute Gasteiger partial charge is 0.0921 e. The van der Waals surface area contributed by atoms with Gasteiger partial charge in [0.2, 0.25) is 0 Å². The average Bonchev–Trinajstić information content (AvgIpc) is 2.91. The van der Waals surface area contributed by atoms with Crippen LogP contribution in [-0.4, -0.2) is 32.4 Å². The van der Waals surface area contributed by atoms with E-state index in [1.807, 2.05) is 0 Å². The number of rotatable bonds is 3. The average molecular weight is 222 g/mol. The zero-order valence-corrected chi connectivity index (χ0v) is 9.21. The molecule has 2 aliphatic carbocycles. The van der Waals surface area contributed by atoms with Crippen molar-refractivity contribution in [2.75, 3.05) is 0 Å². The van der Waals surface area contributed by atoms with E-state index in [4.69, 9.17) is 0 Å². The van der Waals surface area contributed by atoms with Crippen molar-refractivity contribution in [1.29, 1.82) is 0 Å². The molecule has 1 aromatic heterocycles. The second kappa shape index (κ2) is 3.86. The molecule has 3 N–H and O–H groups in total. The molecule has 1 heterocycles. The van der Waals surface area contributed by atoms with Crippen LogP contribution in [0.25, 0.3) is 0 Å². The van der Waals surface area contributed by atoms with Gasteiger partial charge in [0.25, 0.3) is 0 Å². The fourth-order valence-electron chi connectivity index (χ4n) is 3.53. The van der Waals surface area contributed by atoms with Gasteiger partial charge in [-0.2, -0.15) is 0 Å². The third-order valence-electron chi connectivity index (χ3n) is 4.35. The van der Waals surface area contributed by atoms with Gasteiger partial charge < -0.3 is 15.2 Å². The van der Waals surface area contributed by atoms with Crippen molar-refractivity contribution in [2.45, 2.75) is 37.9 Å². The first-order valence-corrected chi connectivity index (χ1v) is 6.07. The van der Waals surface area contributed by atoms with Crippen molar-refractivity contribution in [2.24, 2.45) is 17.8 Å². The van der Waals surface area contributed by atoms with Crippen molar-refractivity contribution >= 4 is 0 Å². The zero-order chi connectivity index (χ0) is 11.1. The maximum atomic E-state index is 10.2. The number of nitrogens with zero attached hydrogens (tertiary/aromatic N) is 1. The first kappa shape index (κ1) is 10.3. The number of hydrogen-bond acceptors (Lipinski definition) is 3. The maximum Gasteiger partial charge on any atom is 0.0921 e. The van der Waals surface area contributed by atoms with E-state index in [1.54, 1.807) is 12.5 Å². The van der Waals surface area contributed by atoms with Gasteiger partial charge in [-0.3, -0.25) is 0 Å². The Morgan fingerprint density at radius 1 is 1.38 bits per heavy atom. The normalized spacial score (nSPS) is 39.1. The number of aromatic amines is 1. The van der Waals surface area contributed by atoms with E-state index in [1.165, 1.54) is 0 Å². The lowest BCUT2D eigenvalue weighted by molar-refractivity contribution is 0.0343. The van der Waals surface area contributed by atoms with Gasteiger partial charge in [-0.15, -0.1) is 0 Å². The molecule has 16 heavy (non-hydrogen) atoms. The largest absolute Gasteiger partial charge is 0.393 e. The standard InChI is InChI=1S/C12H18N2O2/c15-11-3-7-1-8(11)2-10(7)12(16)4-9-5-13-6-14-9/h5-8,10-12,15-16H,1-4H2,(H,13,14). The van der Waals surface area contributed by atoms with Crippen LogP contribution in [0.15, 0.2) is 12.5 Å². The summed E-state index contributed by atoms with van der Waals surface area (Å²) in [5.74, 6) is 1.33. The van der Waals surface area contributed by atoms with E-state index in [-0.39, 0.29) is 12.2 Å². The summed E-state index contributed by atoms with van der Waals surface area (Å²) in [4.78, 5) is 6.98. The topological polar surface area (TPSA) is 69.1 Å². The second-order valence-electron chi connectivity index (χ2n) is 5.31. The van der Waals surface area contributed by atoms with Crippen LogP contribution in [0.5, 0.6) is 0 Å². The number of aromatic nitrogens is 2. The number of nitrogens with one attached hydrogen (secondary N) is 1. The van der Waals surface area contributed by atoms with Crippen LogP contribution in [-0.2, 0) is 6.42 Å². The minimum atomic E-state index is -0.289.